The molecule has 1 heterocycles. The lowest BCUT2D eigenvalue weighted by Gasteiger charge is -2.24. The first kappa shape index (κ1) is 12.2. The van der Waals surface area contributed by atoms with E-state index in [1.54, 1.807) is 18.4 Å². The van der Waals surface area contributed by atoms with Crippen molar-refractivity contribution in [3.05, 3.63) is 20.8 Å². The first-order chi connectivity index (χ1) is 6.53. The van der Waals surface area contributed by atoms with E-state index in [4.69, 9.17) is 4.74 Å². The van der Waals surface area contributed by atoms with Gasteiger partial charge >= 0.3 is 0 Å². The zero-order valence-electron chi connectivity index (χ0n) is 8.76. The Bertz CT molecular complexity index is 285. The van der Waals surface area contributed by atoms with Crippen LogP contribution >= 0.6 is 27.3 Å². The van der Waals surface area contributed by atoms with Gasteiger partial charge in [-0.25, -0.2) is 0 Å². The van der Waals surface area contributed by atoms with Crippen LogP contribution < -0.4 is 5.32 Å². The molecule has 0 saturated heterocycles. The van der Waals surface area contributed by atoms with Gasteiger partial charge in [-0.2, -0.15) is 0 Å². The Hall–Kier alpha value is 0.1000. The summed E-state index contributed by atoms with van der Waals surface area (Å²) in [5.41, 5.74) is 0.0330. The number of rotatable bonds is 5. The first-order valence-electron chi connectivity index (χ1n) is 4.50. The molecule has 0 bridgehead atoms. The van der Waals surface area contributed by atoms with Gasteiger partial charge in [-0.05, 0) is 35.8 Å². The van der Waals surface area contributed by atoms with Gasteiger partial charge in [-0.15, -0.1) is 11.3 Å². The quantitative estimate of drug-likeness (QED) is 0.894. The molecule has 0 fully saturated rings. The normalized spacial score (nSPS) is 12.0. The van der Waals surface area contributed by atoms with Gasteiger partial charge in [-0.3, -0.25) is 0 Å². The minimum Gasteiger partial charge on any atom is -0.383 e. The van der Waals surface area contributed by atoms with Crippen LogP contribution in [0, 0.1) is 0 Å². The average molecular weight is 278 g/mol. The van der Waals surface area contributed by atoms with Crippen molar-refractivity contribution in [2.75, 3.05) is 13.7 Å². The molecule has 0 aliphatic carbocycles. The Kier molecular flexibility index (Phi) is 4.57. The molecular formula is C10H16BrNOS. The van der Waals surface area contributed by atoms with Gasteiger partial charge in [0.15, 0.2) is 0 Å². The number of nitrogens with one attached hydrogen (secondary N) is 1. The molecule has 80 valence electrons. The predicted molar refractivity (Wildman–Crippen MR) is 64.8 cm³/mol. The largest absolute Gasteiger partial charge is 0.383 e. The van der Waals surface area contributed by atoms with Crippen LogP contribution in [0.25, 0.3) is 0 Å². The molecule has 1 N–H and O–H groups in total. The van der Waals surface area contributed by atoms with Crippen LogP contribution in [0.3, 0.4) is 0 Å². The molecule has 1 rings (SSSR count). The Labute approximate surface area is 97.8 Å². The molecule has 14 heavy (non-hydrogen) atoms. The van der Waals surface area contributed by atoms with Crippen LogP contribution in [0.5, 0.6) is 0 Å². The van der Waals surface area contributed by atoms with Crippen LogP contribution in [0.2, 0.25) is 0 Å². The van der Waals surface area contributed by atoms with Crippen molar-refractivity contribution < 1.29 is 4.74 Å². The van der Waals surface area contributed by atoms with E-state index in [1.807, 2.05) is 0 Å². The van der Waals surface area contributed by atoms with E-state index in [-0.39, 0.29) is 5.54 Å². The molecule has 4 heteroatoms. The van der Waals surface area contributed by atoms with E-state index < -0.39 is 0 Å². The monoisotopic (exact) mass is 277 g/mol. The summed E-state index contributed by atoms with van der Waals surface area (Å²) in [6.07, 6.45) is 0. The van der Waals surface area contributed by atoms with Crippen LogP contribution in [-0.2, 0) is 11.3 Å². The van der Waals surface area contributed by atoms with Crippen molar-refractivity contribution in [1.29, 1.82) is 0 Å². The molecule has 0 radical (unpaired) electrons. The van der Waals surface area contributed by atoms with Crippen LogP contribution in [0.1, 0.15) is 18.7 Å². The third-order valence-corrected chi connectivity index (χ3v) is 3.57. The molecule has 0 unspecified atom stereocenters. The van der Waals surface area contributed by atoms with Crippen molar-refractivity contribution in [3.63, 3.8) is 0 Å². The lowest BCUT2D eigenvalue weighted by Crippen LogP contribution is -2.42. The number of ether oxygens (including phenoxy) is 1. The molecule has 0 spiro atoms. The Morgan fingerprint density at radius 2 is 2.29 bits per heavy atom. The maximum Gasteiger partial charge on any atom is 0.0639 e. The summed E-state index contributed by atoms with van der Waals surface area (Å²) in [5.74, 6) is 0. The molecule has 2 nitrogen and oxygen atoms in total. The van der Waals surface area contributed by atoms with Crippen molar-refractivity contribution in [2.45, 2.75) is 25.9 Å². The minimum absolute atomic E-state index is 0.0330. The summed E-state index contributed by atoms with van der Waals surface area (Å²) in [6, 6.07) is 2.14. The zero-order valence-corrected chi connectivity index (χ0v) is 11.2. The van der Waals surface area contributed by atoms with Crippen molar-refractivity contribution in [2.24, 2.45) is 0 Å². The fourth-order valence-corrected chi connectivity index (χ4v) is 2.58. The lowest BCUT2D eigenvalue weighted by atomic mass is 10.1. The molecule has 0 saturated carbocycles. The standard InChI is InChI=1S/C10H16BrNOS/c1-10(2,7-13-3)12-5-9-4-8(11)6-14-9/h4,6,12H,5,7H2,1-3H3. The fraction of sp³-hybridized carbons (Fsp3) is 0.600. The molecule has 0 amide bonds. The highest BCUT2D eigenvalue weighted by atomic mass is 79.9. The van der Waals surface area contributed by atoms with Gasteiger partial charge in [0.05, 0.1) is 6.61 Å². The maximum absolute atomic E-state index is 5.13. The summed E-state index contributed by atoms with van der Waals surface area (Å²) in [7, 11) is 1.73. The fourth-order valence-electron chi connectivity index (χ4n) is 1.18. The Balaban J connectivity index is 2.40. The topological polar surface area (TPSA) is 21.3 Å². The summed E-state index contributed by atoms with van der Waals surface area (Å²) in [6.45, 7) is 5.89. The molecule has 0 aliphatic heterocycles. The number of hydrogen-bond donors (Lipinski definition) is 1. The summed E-state index contributed by atoms with van der Waals surface area (Å²) < 4.78 is 6.29. The van der Waals surface area contributed by atoms with Crippen molar-refractivity contribution in [1.82, 2.24) is 5.32 Å². The zero-order chi connectivity index (χ0) is 10.6. The highest BCUT2D eigenvalue weighted by molar-refractivity contribution is 9.10. The van der Waals surface area contributed by atoms with Crippen molar-refractivity contribution in [3.8, 4) is 0 Å². The molecular weight excluding hydrogens is 262 g/mol. The molecule has 0 aliphatic rings. The smallest absolute Gasteiger partial charge is 0.0639 e. The minimum atomic E-state index is 0.0330. The van der Waals surface area contributed by atoms with E-state index in [0.29, 0.717) is 0 Å². The van der Waals surface area contributed by atoms with Crippen LogP contribution in [0.4, 0.5) is 0 Å². The van der Waals surface area contributed by atoms with E-state index in [2.05, 4.69) is 46.5 Å². The third-order valence-electron chi connectivity index (χ3n) is 1.87. The summed E-state index contributed by atoms with van der Waals surface area (Å²) in [5, 5.41) is 5.55. The second-order valence-corrected chi connectivity index (χ2v) is 5.81. The van der Waals surface area contributed by atoms with Crippen LogP contribution in [0.15, 0.2) is 15.9 Å². The highest BCUT2D eigenvalue weighted by Crippen LogP contribution is 2.20. The van der Waals surface area contributed by atoms with Gasteiger partial charge in [-0.1, -0.05) is 0 Å². The predicted octanol–water partition coefficient (Wildman–Crippen LogP) is 3.03. The van der Waals surface area contributed by atoms with Gasteiger partial charge in [0.2, 0.25) is 0 Å². The van der Waals surface area contributed by atoms with Gasteiger partial charge in [0, 0.05) is 33.9 Å². The van der Waals surface area contributed by atoms with E-state index >= 15 is 0 Å². The molecule has 1 aromatic rings. The summed E-state index contributed by atoms with van der Waals surface area (Å²) >= 11 is 5.20. The van der Waals surface area contributed by atoms with E-state index in [9.17, 15) is 0 Å². The summed E-state index contributed by atoms with van der Waals surface area (Å²) in [4.78, 5) is 1.33. The first-order valence-corrected chi connectivity index (χ1v) is 6.18. The second-order valence-electron chi connectivity index (χ2n) is 3.90. The van der Waals surface area contributed by atoms with Crippen LogP contribution in [-0.4, -0.2) is 19.3 Å². The van der Waals surface area contributed by atoms with E-state index in [0.717, 1.165) is 17.6 Å². The van der Waals surface area contributed by atoms with Crippen molar-refractivity contribution >= 4 is 27.3 Å². The molecule has 0 aromatic carbocycles. The van der Waals surface area contributed by atoms with Gasteiger partial charge in [0.25, 0.3) is 0 Å². The SMILES string of the molecule is COCC(C)(C)NCc1cc(Br)cs1. The lowest BCUT2D eigenvalue weighted by molar-refractivity contribution is 0.128. The number of hydrogen-bond acceptors (Lipinski definition) is 3. The maximum atomic E-state index is 5.13. The number of methoxy groups -OCH3 is 1. The molecule has 1 aromatic heterocycles. The second kappa shape index (κ2) is 5.26. The average Bonchev–Trinajstić information content (AvgIpc) is 2.48. The van der Waals surface area contributed by atoms with Gasteiger partial charge < -0.3 is 10.1 Å². The number of thiophene rings is 1. The number of halogens is 1. The molecule has 0 atom stereocenters. The Morgan fingerprint density at radius 3 is 2.79 bits per heavy atom. The third kappa shape index (κ3) is 4.09. The van der Waals surface area contributed by atoms with Gasteiger partial charge in [0.1, 0.15) is 0 Å². The highest BCUT2D eigenvalue weighted by Gasteiger charge is 2.16. The Morgan fingerprint density at radius 1 is 1.57 bits per heavy atom. The van der Waals surface area contributed by atoms with E-state index in [1.165, 1.54) is 4.88 Å².